The first kappa shape index (κ1) is 15.2. The van der Waals surface area contributed by atoms with Gasteiger partial charge in [-0.05, 0) is 17.7 Å². The van der Waals surface area contributed by atoms with E-state index in [4.69, 9.17) is 0 Å². The van der Waals surface area contributed by atoms with Crippen LogP contribution < -0.4 is 0 Å². The molecule has 0 saturated carbocycles. The van der Waals surface area contributed by atoms with Gasteiger partial charge in [0.25, 0.3) is 0 Å². The summed E-state index contributed by atoms with van der Waals surface area (Å²) in [5.74, 6) is 0. The molecular formula is C13H24BrNSi2. The van der Waals surface area contributed by atoms with E-state index >= 15 is 0 Å². The Kier molecular flexibility index (Phi) is 4.80. The lowest BCUT2D eigenvalue weighted by Crippen LogP contribution is -2.58. The van der Waals surface area contributed by atoms with Gasteiger partial charge in [-0.2, -0.15) is 0 Å². The highest BCUT2D eigenvalue weighted by molar-refractivity contribution is 9.10. The van der Waals surface area contributed by atoms with Crippen LogP contribution in [-0.4, -0.2) is 20.7 Å². The molecule has 17 heavy (non-hydrogen) atoms. The van der Waals surface area contributed by atoms with Gasteiger partial charge < -0.3 is 4.23 Å². The van der Waals surface area contributed by atoms with E-state index in [0.29, 0.717) is 0 Å². The van der Waals surface area contributed by atoms with Crippen LogP contribution in [0.15, 0.2) is 28.7 Å². The maximum absolute atomic E-state index is 3.49. The Bertz CT molecular complexity index is 348. The number of hydrogen-bond acceptors (Lipinski definition) is 1. The van der Waals surface area contributed by atoms with Crippen LogP contribution >= 0.6 is 15.9 Å². The third-order valence-electron chi connectivity index (χ3n) is 2.87. The van der Waals surface area contributed by atoms with Gasteiger partial charge in [-0.15, -0.1) is 0 Å². The molecular weight excluding hydrogens is 306 g/mol. The maximum atomic E-state index is 3.49. The van der Waals surface area contributed by atoms with Gasteiger partial charge in [0.05, 0.1) is 0 Å². The van der Waals surface area contributed by atoms with Crippen molar-refractivity contribution in [1.82, 2.24) is 4.23 Å². The Morgan fingerprint density at radius 3 is 1.65 bits per heavy atom. The van der Waals surface area contributed by atoms with Crippen molar-refractivity contribution in [3.8, 4) is 0 Å². The lowest BCUT2D eigenvalue weighted by Gasteiger charge is -2.43. The fraction of sp³-hybridized carbons (Fsp3) is 0.538. The minimum absolute atomic E-state index is 1.11. The Labute approximate surface area is 117 Å². The third kappa shape index (κ3) is 4.70. The number of hydrogen-bond donors (Lipinski definition) is 0. The van der Waals surface area contributed by atoms with Crippen molar-refractivity contribution in [3.63, 3.8) is 0 Å². The first-order valence-corrected chi connectivity index (χ1v) is 13.8. The zero-order valence-corrected chi connectivity index (χ0v) is 15.4. The Morgan fingerprint density at radius 2 is 1.29 bits per heavy atom. The van der Waals surface area contributed by atoms with Crippen LogP contribution in [0.4, 0.5) is 0 Å². The number of nitrogens with zero attached hydrogens (tertiary/aromatic N) is 1. The summed E-state index contributed by atoms with van der Waals surface area (Å²) in [6.07, 6.45) is 0. The van der Waals surface area contributed by atoms with Crippen LogP contribution in [0.1, 0.15) is 5.56 Å². The second-order valence-electron chi connectivity index (χ2n) is 6.55. The largest absolute Gasteiger partial charge is 0.342 e. The molecule has 0 saturated heterocycles. The van der Waals surface area contributed by atoms with Gasteiger partial charge in [0, 0.05) is 11.0 Å². The van der Waals surface area contributed by atoms with E-state index in [-0.39, 0.29) is 0 Å². The Hall–Kier alpha value is 0.0938. The summed E-state index contributed by atoms with van der Waals surface area (Å²) in [5, 5.41) is 0. The van der Waals surface area contributed by atoms with Crippen molar-refractivity contribution in [2.24, 2.45) is 0 Å². The molecule has 0 aromatic heterocycles. The van der Waals surface area contributed by atoms with Crippen LogP contribution in [0.2, 0.25) is 39.3 Å². The minimum atomic E-state index is -1.24. The van der Waals surface area contributed by atoms with E-state index < -0.39 is 16.5 Å². The summed E-state index contributed by atoms with van der Waals surface area (Å²) >= 11 is 3.49. The van der Waals surface area contributed by atoms with Gasteiger partial charge in [0.1, 0.15) is 16.5 Å². The van der Waals surface area contributed by atoms with Gasteiger partial charge in [0.15, 0.2) is 0 Å². The molecule has 1 nitrogen and oxygen atoms in total. The lowest BCUT2D eigenvalue weighted by atomic mass is 10.2. The monoisotopic (exact) mass is 329 g/mol. The molecule has 4 heteroatoms. The first-order valence-electron chi connectivity index (χ1n) is 6.13. The summed E-state index contributed by atoms with van der Waals surface area (Å²) in [6.45, 7) is 15.8. The predicted molar refractivity (Wildman–Crippen MR) is 86.4 cm³/mol. The highest BCUT2D eigenvalue weighted by atomic mass is 79.9. The quantitative estimate of drug-likeness (QED) is 0.708. The summed E-state index contributed by atoms with van der Waals surface area (Å²) in [6, 6.07) is 8.75. The molecule has 0 N–H and O–H groups in total. The van der Waals surface area contributed by atoms with Crippen LogP contribution in [0, 0.1) is 0 Å². The van der Waals surface area contributed by atoms with E-state index in [1.54, 1.807) is 0 Å². The summed E-state index contributed by atoms with van der Waals surface area (Å²) in [4.78, 5) is 0. The van der Waals surface area contributed by atoms with Gasteiger partial charge in [-0.25, -0.2) is 0 Å². The molecule has 0 bridgehead atoms. The normalized spacial score (nSPS) is 13.2. The maximum Gasteiger partial charge on any atom is 0.112 e. The highest BCUT2D eigenvalue weighted by Gasteiger charge is 2.33. The second kappa shape index (κ2) is 5.38. The molecule has 1 aromatic carbocycles. The molecule has 0 fully saturated rings. The van der Waals surface area contributed by atoms with Gasteiger partial charge in [-0.3, -0.25) is 0 Å². The molecule has 0 aliphatic carbocycles. The molecule has 0 unspecified atom stereocenters. The number of rotatable bonds is 4. The van der Waals surface area contributed by atoms with Crippen molar-refractivity contribution in [2.75, 3.05) is 0 Å². The molecule has 0 radical (unpaired) electrons. The molecule has 0 aliphatic heterocycles. The van der Waals surface area contributed by atoms with Gasteiger partial charge in [0.2, 0.25) is 0 Å². The Morgan fingerprint density at radius 1 is 0.882 bits per heavy atom. The van der Waals surface area contributed by atoms with Crippen molar-refractivity contribution in [3.05, 3.63) is 34.3 Å². The molecule has 0 aliphatic rings. The number of benzene rings is 1. The zero-order chi connectivity index (χ0) is 13.3. The average Bonchev–Trinajstić information content (AvgIpc) is 2.13. The smallest absolute Gasteiger partial charge is 0.112 e. The van der Waals surface area contributed by atoms with Crippen LogP contribution in [0.5, 0.6) is 0 Å². The third-order valence-corrected chi connectivity index (χ3v) is 11.0. The van der Waals surface area contributed by atoms with E-state index in [1.165, 1.54) is 5.56 Å². The van der Waals surface area contributed by atoms with Crippen LogP contribution in [-0.2, 0) is 6.54 Å². The van der Waals surface area contributed by atoms with E-state index in [2.05, 4.69) is 83.7 Å². The summed E-state index contributed by atoms with van der Waals surface area (Å²) < 4.78 is 3.97. The summed E-state index contributed by atoms with van der Waals surface area (Å²) in [5.41, 5.74) is 1.43. The van der Waals surface area contributed by atoms with Crippen molar-refractivity contribution < 1.29 is 0 Å². The van der Waals surface area contributed by atoms with Crippen molar-refractivity contribution >= 4 is 32.4 Å². The topological polar surface area (TPSA) is 3.24 Å². The van der Waals surface area contributed by atoms with Crippen LogP contribution in [0.25, 0.3) is 0 Å². The van der Waals surface area contributed by atoms with Crippen molar-refractivity contribution in [2.45, 2.75) is 45.8 Å². The lowest BCUT2D eigenvalue weighted by molar-refractivity contribution is 0.611. The molecule has 0 amide bonds. The molecule has 0 spiro atoms. The standard InChI is InChI=1S/C13H24BrNSi2/c1-16(2,3)15(17(4,5)6)11-12-7-9-13(14)10-8-12/h7-10H,11H2,1-6H3. The molecule has 96 valence electrons. The van der Waals surface area contributed by atoms with E-state index in [9.17, 15) is 0 Å². The SMILES string of the molecule is C[Si](C)(C)N(Cc1ccc(Br)cc1)[Si](C)(C)C. The van der Waals surface area contributed by atoms with Gasteiger partial charge >= 0.3 is 0 Å². The average molecular weight is 330 g/mol. The van der Waals surface area contributed by atoms with E-state index in [1.807, 2.05) is 0 Å². The first-order chi connectivity index (χ1) is 7.60. The van der Waals surface area contributed by atoms with Gasteiger partial charge in [-0.1, -0.05) is 67.3 Å². The van der Waals surface area contributed by atoms with E-state index in [0.717, 1.165) is 11.0 Å². The molecule has 0 atom stereocenters. The summed E-state index contributed by atoms with van der Waals surface area (Å²) in [7, 11) is -2.47. The van der Waals surface area contributed by atoms with Crippen LogP contribution in [0.3, 0.4) is 0 Å². The number of halogens is 1. The molecule has 1 aromatic rings. The molecule has 0 heterocycles. The second-order valence-corrected chi connectivity index (χ2v) is 17.7. The van der Waals surface area contributed by atoms with Crippen molar-refractivity contribution in [1.29, 1.82) is 0 Å². The minimum Gasteiger partial charge on any atom is -0.342 e. The fourth-order valence-corrected chi connectivity index (χ4v) is 11.9. The predicted octanol–water partition coefficient (Wildman–Crippen LogP) is 4.92. The fourth-order valence-electron chi connectivity index (χ4n) is 2.25. The zero-order valence-electron chi connectivity index (χ0n) is 11.8. The highest BCUT2D eigenvalue weighted by Crippen LogP contribution is 2.23. The molecule has 1 rings (SSSR count). The Balaban J connectivity index is 2.92.